The van der Waals surface area contributed by atoms with E-state index in [1.165, 1.54) is 19.3 Å². The van der Waals surface area contributed by atoms with Crippen LogP contribution in [0.2, 0.25) is 0 Å². The van der Waals surface area contributed by atoms with Gasteiger partial charge >= 0.3 is 0 Å². The summed E-state index contributed by atoms with van der Waals surface area (Å²) in [6.45, 7) is 7.97. The van der Waals surface area contributed by atoms with Crippen LogP contribution in [0.25, 0.3) is 0 Å². The molecule has 3 amide bonds. The molecule has 2 N–H and O–H groups in total. The molecular formula is C30H44N8O4. The van der Waals surface area contributed by atoms with Gasteiger partial charge in [0.05, 0.1) is 18.8 Å². The van der Waals surface area contributed by atoms with E-state index in [0.717, 1.165) is 39.0 Å². The third-order valence-corrected chi connectivity index (χ3v) is 8.66. The Hall–Kier alpha value is -3.54. The smallest absolute Gasteiger partial charge is 0.257 e. The van der Waals surface area contributed by atoms with Gasteiger partial charge in [-0.1, -0.05) is 18.6 Å². The monoisotopic (exact) mass is 580 g/mol. The van der Waals surface area contributed by atoms with Gasteiger partial charge in [0, 0.05) is 51.4 Å². The fraction of sp³-hybridized carbons (Fsp3) is 0.667. The number of aromatic nitrogens is 4. The van der Waals surface area contributed by atoms with E-state index in [0.29, 0.717) is 44.8 Å². The summed E-state index contributed by atoms with van der Waals surface area (Å²) in [4.78, 5) is 48.5. The van der Waals surface area contributed by atoms with Gasteiger partial charge in [-0.05, 0) is 69.2 Å². The second kappa shape index (κ2) is 14.6. The second-order valence-corrected chi connectivity index (χ2v) is 11.7. The van der Waals surface area contributed by atoms with Gasteiger partial charge in [0.15, 0.2) is 0 Å². The Labute approximate surface area is 247 Å². The number of nitrogens with zero attached hydrogens (tertiary/aromatic N) is 6. The van der Waals surface area contributed by atoms with Crippen LogP contribution in [-0.2, 0) is 22.6 Å². The molecule has 2 fully saturated rings. The number of rotatable bonds is 9. The third kappa shape index (κ3) is 7.84. The molecule has 0 aliphatic carbocycles. The lowest BCUT2D eigenvalue weighted by atomic mass is 9.80. The summed E-state index contributed by atoms with van der Waals surface area (Å²) in [5.41, 5.74) is 0.942. The summed E-state index contributed by atoms with van der Waals surface area (Å²) < 4.78 is 7.82. The molecule has 0 spiro atoms. The third-order valence-electron chi connectivity index (χ3n) is 8.66. The van der Waals surface area contributed by atoms with Crippen LogP contribution in [0.5, 0.6) is 5.88 Å². The number of pyridine rings is 1. The second-order valence-electron chi connectivity index (χ2n) is 11.7. The normalized spacial score (nSPS) is 23.6. The van der Waals surface area contributed by atoms with Crippen LogP contribution in [0.15, 0.2) is 24.5 Å². The van der Waals surface area contributed by atoms with Crippen LogP contribution in [0.3, 0.4) is 0 Å². The topological polar surface area (TPSA) is 135 Å². The Morgan fingerprint density at radius 1 is 1.14 bits per heavy atom. The zero-order valence-corrected chi connectivity index (χ0v) is 24.7. The van der Waals surface area contributed by atoms with Crippen molar-refractivity contribution in [3.05, 3.63) is 35.8 Å². The van der Waals surface area contributed by atoms with Gasteiger partial charge in [-0.25, -0.2) is 4.98 Å². The molecule has 2 aromatic heterocycles. The average molecular weight is 581 g/mol. The number of hydrogen-bond donors (Lipinski definition) is 2. The zero-order chi connectivity index (χ0) is 29.3. The molecule has 12 heteroatoms. The fourth-order valence-corrected chi connectivity index (χ4v) is 6.27. The maximum Gasteiger partial charge on any atom is 0.257 e. The first-order valence-electron chi connectivity index (χ1n) is 15.6. The molecular weight excluding hydrogens is 536 g/mol. The number of nitrogens with one attached hydrogen (secondary N) is 2. The molecule has 5 rings (SSSR count). The van der Waals surface area contributed by atoms with E-state index in [9.17, 15) is 14.4 Å². The quantitative estimate of drug-likeness (QED) is 0.458. The van der Waals surface area contributed by atoms with Crippen molar-refractivity contribution >= 4 is 17.7 Å². The molecule has 3 atom stereocenters. The highest BCUT2D eigenvalue weighted by Gasteiger charge is 2.36. The summed E-state index contributed by atoms with van der Waals surface area (Å²) in [6, 6.07) is 2.52. The lowest BCUT2D eigenvalue weighted by molar-refractivity contribution is -0.136. The minimum Gasteiger partial charge on any atom is -0.477 e. The number of carbonyl (C=O) groups is 3. The number of carbonyl (C=O) groups excluding carboxylic acids is 3. The predicted octanol–water partition coefficient (Wildman–Crippen LogP) is 1.66. The molecule has 12 nitrogen and oxygen atoms in total. The van der Waals surface area contributed by atoms with Crippen molar-refractivity contribution < 1.29 is 19.1 Å². The lowest BCUT2D eigenvalue weighted by Gasteiger charge is -2.40. The van der Waals surface area contributed by atoms with E-state index in [1.54, 1.807) is 18.3 Å². The SMILES string of the molecule is CCCNC(=O)C[C@@H]1CCN2C[C@@H]1CCOc1ncccc1C(=O)N[C@H](Cc1cn(CCN3CCCCC3)nn1)C2=O. The van der Waals surface area contributed by atoms with Crippen LogP contribution < -0.4 is 15.4 Å². The maximum absolute atomic E-state index is 14.0. The number of piperidine rings is 2. The van der Waals surface area contributed by atoms with E-state index in [-0.39, 0.29) is 41.5 Å². The van der Waals surface area contributed by atoms with Crippen LogP contribution in [0, 0.1) is 11.8 Å². The first-order valence-corrected chi connectivity index (χ1v) is 15.6. The van der Waals surface area contributed by atoms with E-state index in [1.807, 2.05) is 22.7 Å². The number of likely N-dealkylation sites (tertiary alicyclic amines) is 1. The molecule has 0 radical (unpaired) electrons. The van der Waals surface area contributed by atoms with Crippen molar-refractivity contribution in [2.75, 3.05) is 45.9 Å². The largest absolute Gasteiger partial charge is 0.477 e. The molecule has 2 saturated heterocycles. The molecule has 2 bridgehead atoms. The molecule has 2 aromatic rings. The lowest BCUT2D eigenvalue weighted by Crippen LogP contribution is -2.54. The van der Waals surface area contributed by atoms with Crippen LogP contribution in [-0.4, -0.2) is 99.4 Å². The van der Waals surface area contributed by atoms with Gasteiger partial charge in [-0.2, -0.15) is 0 Å². The van der Waals surface area contributed by atoms with Crippen molar-refractivity contribution in [2.24, 2.45) is 11.8 Å². The Bertz CT molecular complexity index is 1210. The summed E-state index contributed by atoms with van der Waals surface area (Å²) in [5, 5.41) is 14.6. The Kier molecular flexibility index (Phi) is 10.4. The van der Waals surface area contributed by atoms with Gasteiger partial charge in [0.1, 0.15) is 11.6 Å². The molecule has 0 saturated carbocycles. The van der Waals surface area contributed by atoms with Crippen LogP contribution >= 0.6 is 0 Å². The number of ether oxygens (including phenoxy) is 1. The van der Waals surface area contributed by atoms with Gasteiger partial charge in [0.2, 0.25) is 17.7 Å². The average Bonchev–Trinajstić information content (AvgIpc) is 3.46. The Morgan fingerprint density at radius 3 is 2.83 bits per heavy atom. The summed E-state index contributed by atoms with van der Waals surface area (Å²) >= 11 is 0. The zero-order valence-electron chi connectivity index (χ0n) is 24.7. The van der Waals surface area contributed by atoms with Crippen LogP contribution in [0.1, 0.15) is 67.9 Å². The first kappa shape index (κ1) is 29.9. The summed E-state index contributed by atoms with van der Waals surface area (Å²) in [6.07, 6.45) is 10.2. The minimum absolute atomic E-state index is 0.0502. The number of hydrogen-bond acceptors (Lipinski definition) is 8. The van der Waals surface area contributed by atoms with E-state index in [2.05, 4.69) is 30.8 Å². The highest BCUT2D eigenvalue weighted by atomic mass is 16.5. The highest BCUT2D eigenvalue weighted by Crippen LogP contribution is 2.30. The predicted molar refractivity (Wildman–Crippen MR) is 156 cm³/mol. The standard InChI is InChI=1S/C30H44N8O4/c1-2-10-31-27(39)18-22-8-14-37-20-23(22)9-17-42-29-25(7-6-11-32-29)28(40)33-26(30(37)41)19-24-21-38(35-34-24)16-15-36-12-4-3-5-13-36/h6-7,11,21-23,26H,2-5,8-10,12-20H2,1H3,(H,31,39)(H,33,40)/t22-,23-,26+/m0/s1. The summed E-state index contributed by atoms with van der Waals surface area (Å²) in [7, 11) is 0. The van der Waals surface area contributed by atoms with Crippen molar-refractivity contribution in [2.45, 2.75) is 70.9 Å². The number of fused-ring (bicyclic) bond motifs is 3. The van der Waals surface area contributed by atoms with E-state index >= 15 is 0 Å². The van der Waals surface area contributed by atoms with E-state index in [4.69, 9.17) is 4.74 Å². The molecule has 5 heterocycles. The summed E-state index contributed by atoms with van der Waals surface area (Å²) in [5.74, 6) is -0.0164. The van der Waals surface area contributed by atoms with Crippen molar-refractivity contribution in [1.29, 1.82) is 0 Å². The Balaban J connectivity index is 1.32. The Morgan fingerprint density at radius 2 is 2.00 bits per heavy atom. The molecule has 0 aromatic carbocycles. The van der Waals surface area contributed by atoms with Gasteiger partial charge in [-0.15, -0.1) is 5.10 Å². The van der Waals surface area contributed by atoms with Crippen molar-refractivity contribution in [1.82, 2.24) is 40.4 Å². The van der Waals surface area contributed by atoms with Gasteiger partial charge in [-0.3, -0.25) is 19.1 Å². The van der Waals surface area contributed by atoms with E-state index < -0.39 is 11.9 Å². The van der Waals surface area contributed by atoms with Gasteiger partial charge < -0.3 is 25.2 Å². The van der Waals surface area contributed by atoms with Crippen molar-refractivity contribution in [3.8, 4) is 5.88 Å². The number of amides is 3. The van der Waals surface area contributed by atoms with Gasteiger partial charge in [0.25, 0.3) is 5.91 Å². The van der Waals surface area contributed by atoms with Crippen molar-refractivity contribution in [3.63, 3.8) is 0 Å². The first-order chi connectivity index (χ1) is 20.5. The minimum atomic E-state index is -0.817. The molecule has 42 heavy (non-hydrogen) atoms. The fourth-order valence-electron chi connectivity index (χ4n) is 6.27. The molecule has 0 unspecified atom stereocenters. The molecule has 228 valence electrons. The van der Waals surface area contributed by atoms with Crippen LogP contribution in [0.4, 0.5) is 0 Å². The molecule has 3 aliphatic rings. The maximum atomic E-state index is 14.0. The molecule has 3 aliphatic heterocycles. The highest BCUT2D eigenvalue weighted by molar-refractivity contribution is 5.99.